The van der Waals surface area contributed by atoms with Crippen molar-refractivity contribution in [2.24, 2.45) is 0 Å². The van der Waals surface area contributed by atoms with Crippen LogP contribution < -0.4 is 0 Å². The molecule has 14 heavy (non-hydrogen) atoms. The standard InChI is InChI=1S/C8H7Br2ClO2S/c1-4-6(9)3-7(10)5(2)8(4)14(11,12)13/h3H,1-2H3. The Hall–Kier alpha value is 0.420. The van der Waals surface area contributed by atoms with Crippen molar-refractivity contribution in [3.8, 4) is 0 Å². The molecule has 0 saturated heterocycles. The Balaban J connectivity index is 3.74. The maximum absolute atomic E-state index is 11.3. The van der Waals surface area contributed by atoms with Crippen LogP contribution in [0.2, 0.25) is 0 Å². The van der Waals surface area contributed by atoms with Gasteiger partial charge in [0.05, 0.1) is 4.90 Å². The Labute approximate surface area is 104 Å². The van der Waals surface area contributed by atoms with Crippen molar-refractivity contribution in [3.05, 3.63) is 26.1 Å². The highest BCUT2D eigenvalue weighted by Gasteiger charge is 2.20. The minimum Gasteiger partial charge on any atom is -0.207 e. The maximum Gasteiger partial charge on any atom is 0.261 e. The van der Waals surface area contributed by atoms with E-state index < -0.39 is 9.05 Å². The van der Waals surface area contributed by atoms with Crippen molar-refractivity contribution in [1.82, 2.24) is 0 Å². The molecule has 0 aromatic heterocycles. The van der Waals surface area contributed by atoms with Gasteiger partial charge in [0.1, 0.15) is 0 Å². The zero-order valence-electron chi connectivity index (χ0n) is 7.44. The van der Waals surface area contributed by atoms with Crippen LogP contribution in [0.25, 0.3) is 0 Å². The third kappa shape index (κ3) is 2.32. The molecule has 0 radical (unpaired) electrons. The van der Waals surface area contributed by atoms with Gasteiger partial charge in [-0.05, 0) is 31.0 Å². The van der Waals surface area contributed by atoms with Crippen molar-refractivity contribution in [2.75, 3.05) is 0 Å². The van der Waals surface area contributed by atoms with E-state index in [9.17, 15) is 8.42 Å². The maximum atomic E-state index is 11.3. The highest BCUT2D eigenvalue weighted by atomic mass is 79.9. The molecule has 0 aliphatic rings. The molecule has 0 unspecified atom stereocenters. The lowest BCUT2D eigenvalue weighted by atomic mass is 10.2. The molecule has 1 aromatic rings. The van der Waals surface area contributed by atoms with Gasteiger partial charge in [-0.15, -0.1) is 0 Å². The fraction of sp³-hybridized carbons (Fsp3) is 0.250. The second-order valence-corrected chi connectivity index (χ2v) is 7.07. The van der Waals surface area contributed by atoms with E-state index in [0.29, 0.717) is 20.1 Å². The van der Waals surface area contributed by atoms with E-state index in [0.717, 1.165) is 0 Å². The molecule has 0 bridgehead atoms. The molecule has 0 fully saturated rings. The first kappa shape index (κ1) is 12.5. The molecule has 0 amide bonds. The zero-order valence-corrected chi connectivity index (χ0v) is 12.2. The summed E-state index contributed by atoms with van der Waals surface area (Å²) >= 11 is 6.54. The molecule has 1 rings (SSSR count). The number of benzene rings is 1. The lowest BCUT2D eigenvalue weighted by molar-refractivity contribution is 0.608. The van der Waals surface area contributed by atoms with Gasteiger partial charge in [-0.1, -0.05) is 31.9 Å². The monoisotopic (exact) mass is 360 g/mol. The van der Waals surface area contributed by atoms with E-state index in [2.05, 4.69) is 31.9 Å². The van der Waals surface area contributed by atoms with Gasteiger partial charge in [0, 0.05) is 19.6 Å². The van der Waals surface area contributed by atoms with Crippen molar-refractivity contribution in [3.63, 3.8) is 0 Å². The van der Waals surface area contributed by atoms with Gasteiger partial charge >= 0.3 is 0 Å². The third-order valence-electron chi connectivity index (χ3n) is 1.89. The van der Waals surface area contributed by atoms with Crippen LogP contribution in [0.4, 0.5) is 0 Å². The smallest absolute Gasteiger partial charge is 0.207 e. The summed E-state index contributed by atoms with van der Waals surface area (Å²) in [6, 6.07) is 1.80. The Morgan fingerprint density at radius 1 is 1.14 bits per heavy atom. The Morgan fingerprint density at radius 3 is 1.79 bits per heavy atom. The third-order valence-corrected chi connectivity index (χ3v) is 5.11. The average Bonchev–Trinajstić information content (AvgIpc) is 1.98. The van der Waals surface area contributed by atoms with Crippen LogP contribution in [0.1, 0.15) is 11.1 Å². The zero-order chi connectivity index (χ0) is 11.1. The van der Waals surface area contributed by atoms with E-state index in [1.54, 1.807) is 19.9 Å². The fourth-order valence-electron chi connectivity index (χ4n) is 1.19. The van der Waals surface area contributed by atoms with Crippen LogP contribution in [-0.2, 0) is 9.05 Å². The first-order chi connectivity index (χ1) is 6.25. The molecule has 2 nitrogen and oxygen atoms in total. The summed E-state index contributed by atoms with van der Waals surface area (Å²) in [7, 11) is 1.65. The van der Waals surface area contributed by atoms with Crippen LogP contribution in [0.3, 0.4) is 0 Å². The molecule has 0 spiro atoms. The van der Waals surface area contributed by atoms with Crippen molar-refractivity contribution < 1.29 is 8.42 Å². The van der Waals surface area contributed by atoms with Gasteiger partial charge in [-0.25, -0.2) is 8.42 Å². The Morgan fingerprint density at radius 2 is 1.50 bits per heavy atom. The molecule has 78 valence electrons. The molecule has 1 aromatic carbocycles. The van der Waals surface area contributed by atoms with Crippen LogP contribution in [0, 0.1) is 13.8 Å². The number of hydrogen-bond donors (Lipinski definition) is 0. The lowest BCUT2D eigenvalue weighted by Crippen LogP contribution is -1.99. The predicted octanol–water partition coefficient (Wildman–Crippen LogP) is 3.76. The SMILES string of the molecule is Cc1c(Br)cc(Br)c(C)c1S(=O)(=O)Cl. The Kier molecular flexibility index (Phi) is 3.67. The van der Waals surface area contributed by atoms with E-state index in [1.807, 2.05) is 0 Å². The predicted molar refractivity (Wildman–Crippen MR) is 64.4 cm³/mol. The molecule has 0 heterocycles. The number of halogens is 3. The van der Waals surface area contributed by atoms with Crippen molar-refractivity contribution in [1.29, 1.82) is 0 Å². The van der Waals surface area contributed by atoms with E-state index >= 15 is 0 Å². The summed E-state index contributed by atoms with van der Waals surface area (Å²) in [5.74, 6) is 0. The molecular weight excluding hydrogens is 355 g/mol. The minimum absolute atomic E-state index is 0.167. The summed E-state index contributed by atoms with van der Waals surface area (Å²) in [4.78, 5) is 0.167. The van der Waals surface area contributed by atoms with E-state index in [4.69, 9.17) is 10.7 Å². The van der Waals surface area contributed by atoms with Gasteiger partial charge in [0.15, 0.2) is 0 Å². The van der Waals surface area contributed by atoms with Crippen molar-refractivity contribution >= 4 is 51.6 Å². The molecule has 0 aliphatic heterocycles. The molecule has 0 aliphatic carbocycles. The molecule has 0 atom stereocenters. The van der Waals surface area contributed by atoms with Crippen molar-refractivity contribution in [2.45, 2.75) is 18.7 Å². The van der Waals surface area contributed by atoms with E-state index in [1.165, 1.54) is 0 Å². The quantitative estimate of drug-likeness (QED) is 0.713. The van der Waals surface area contributed by atoms with E-state index in [-0.39, 0.29) is 4.90 Å². The molecular formula is C8H7Br2ClO2S. The topological polar surface area (TPSA) is 34.1 Å². The number of hydrogen-bond acceptors (Lipinski definition) is 2. The second kappa shape index (κ2) is 4.12. The summed E-state index contributed by atoms with van der Waals surface area (Å²) in [5.41, 5.74) is 1.25. The highest BCUT2D eigenvalue weighted by Crippen LogP contribution is 2.34. The van der Waals surface area contributed by atoms with Crippen LogP contribution in [-0.4, -0.2) is 8.42 Å². The van der Waals surface area contributed by atoms with Gasteiger partial charge in [0.2, 0.25) is 0 Å². The largest absolute Gasteiger partial charge is 0.261 e. The second-order valence-electron chi connectivity index (χ2n) is 2.86. The number of rotatable bonds is 1. The lowest BCUT2D eigenvalue weighted by Gasteiger charge is -2.10. The summed E-state index contributed by atoms with van der Waals surface area (Å²) in [5, 5.41) is 0. The molecule has 0 N–H and O–H groups in total. The highest BCUT2D eigenvalue weighted by molar-refractivity contribution is 9.11. The average molecular weight is 362 g/mol. The van der Waals surface area contributed by atoms with Crippen LogP contribution in [0.5, 0.6) is 0 Å². The summed E-state index contributed by atoms with van der Waals surface area (Å²) < 4.78 is 24.0. The normalized spacial score (nSPS) is 11.8. The minimum atomic E-state index is -3.70. The van der Waals surface area contributed by atoms with Gasteiger partial charge in [0.25, 0.3) is 9.05 Å². The summed E-state index contributed by atoms with van der Waals surface area (Å²) in [6.45, 7) is 3.41. The molecule has 0 saturated carbocycles. The van der Waals surface area contributed by atoms with Gasteiger partial charge < -0.3 is 0 Å². The fourth-order valence-corrected chi connectivity index (χ4v) is 4.26. The van der Waals surface area contributed by atoms with Gasteiger partial charge in [-0.2, -0.15) is 0 Å². The van der Waals surface area contributed by atoms with Crippen LogP contribution in [0.15, 0.2) is 19.9 Å². The first-order valence-corrected chi connectivity index (χ1v) is 7.54. The van der Waals surface area contributed by atoms with Crippen LogP contribution >= 0.6 is 42.5 Å². The molecule has 6 heteroatoms. The van der Waals surface area contributed by atoms with Gasteiger partial charge in [-0.3, -0.25) is 0 Å². The first-order valence-electron chi connectivity index (χ1n) is 3.65. The Bertz CT molecular complexity index is 456. The summed E-state index contributed by atoms with van der Waals surface area (Å²) in [6.07, 6.45) is 0.